The van der Waals surface area contributed by atoms with Crippen LogP contribution in [0.1, 0.15) is 12.0 Å². The summed E-state index contributed by atoms with van der Waals surface area (Å²) in [4.78, 5) is 11.5. The molecule has 7 nitrogen and oxygen atoms in total. The molecule has 0 unspecified atom stereocenters. The average molecular weight is 398 g/mol. The van der Waals surface area contributed by atoms with Crippen LogP contribution in [-0.4, -0.2) is 48.2 Å². The number of ether oxygens (including phenoxy) is 2. The number of aromatic nitrogens is 2. The van der Waals surface area contributed by atoms with Crippen molar-refractivity contribution in [1.29, 1.82) is 0 Å². The maximum Gasteiger partial charge on any atom is 0.405 e. The van der Waals surface area contributed by atoms with Crippen molar-refractivity contribution in [3.8, 4) is 22.8 Å². The quantitative estimate of drug-likeness (QED) is 0.779. The molecule has 0 atom stereocenters. The number of aryl methyl sites for hydroxylation is 1. The van der Waals surface area contributed by atoms with Crippen molar-refractivity contribution < 1.29 is 27.4 Å². The van der Waals surface area contributed by atoms with E-state index in [0.29, 0.717) is 30.4 Å². The van der Waals surface area contributed by atoms with Crippen LogP contribution in [0.2, 0.25) is 0 Å². The standard InChI is InChI=1S/C18H21F3N4O3/c1-25-10-13(8-22-9-16(26)23-11-18(19,20)21)17(24-25)12-3-4-14-15(7-12)28-6-2-5-27-14/h3-4,7,10,22H,2,5-6,8-9,11H2,1H3,(H,23,26). The molecule has 0 aliphatic carbocycles. The van der Waals surface area contributed by atoms with E-state index in [1.807, 2.05) is 23.5 Å². The first-order valence-corrected chi connectivity index (χ1v) is 8.78. The van der Waals surface area contributed by atoms with Crippen LogP contribution >= 0.6 is 0 Å². The number of hydrogen-bond acceptors (Lipinski definition) is 5. The van der Waals surface area contributed by atoms with E-state index in [0.717, 1.165) is 17.5 Å². The van der Waals surface area contributed by atoms with Crippen LogP contribution in [0.3, 0.4) is 0 Å². The Bertz CT molecular complexity index is 836. The zero-order valence-corrected chi connectivity index (χ0v) is 15.3. The van der Waals surface area contributed by atoms with E-state index in [2.05, 4.69) is 10.4 Å². The second-order valence-electron chi connectivity index (χ2n) is 6.38. The minimum Gasteiger partial charge on any atom is -0.490 e. The van der Waals surface area contributed by atoms with Crippen LogP contribution in [0, 0.1) is 0 Å². The summed E-state index contributed by atoms with van der Waals surface area (Å²) < 4.78 is 49.3. The molecule has 0 saturated carbocycles. The maximum atomic E-state index is 12.1. The summed E-state index contributed by atoms with van der Waals surface area (Å²) >= 11 is 0. The van der Waals surface area contributed by atoms with Crippen molar-refractivity contribution in [1.82, 2.24) is 20.4 Å². The molecule has 0 saturated heterocycles. The maximum absolute atomic E-state index is 12.1. The fourth-order valence-electron chi connectivity index (χ4n) is 2.79. The Labute approximate surface area is 159 Å². The summed E-state index contributed by atoms with van der Waals surface area (Å²) in [5.74, 6) is 0.600. The fraction of sp³-hybridized carbons (Fsp3) is 0.444. The van der Waals surface area contributed by atoms with Crippen molar-refractivity contribution >= 4 is 5.91 Å². The second kappa shape index (κ2) is 8.51. The molecule has 10 heteroatoms. The molecule has 1 aromatic carbocycles. The van der Waals surface area contributed by atoms with Crippen molar-refractivity contribution in [3.63, 3.8) is 0 Å². The van der Waals surface area contributed by atoms with Crippen LogP contribution in [-0.2, 0) is 18.4 Å². The first-order valence-electron chi connectivity index (χ1n) is 8.78. The minimum absolute atomic E-state index is 0.231. The van der Waals surface area contributed by atoms with E-state index < -0.39 is 18.6 Å². The number of fused-ring (bicyclic) bond motifs is 1. The lowest BCUT2D eigenvalue weighted by molar-refractivity contribution is -0.137. The van der Waals surface area contributed by atoms with Gasteiger partial charge in [-0.2, -0.15) is 18.3 Å². The van der Waals surface area contributed by atoms with E-state index in [4.69, 9.17) is 9.47 Å². The number of halogens is 3. The van der Waals surface area contributed by atoms with Gasteiger partial charge in [-0.05, 0) is 18.2 Å². The van der Waals surface area contributed by atoms with Gasteiger partial charge in [-0.25, -0.2) is 0 Å². The van der Waals surface area contributed by atoms with Crippen molar-refractivity contribution in [2.24, 2.45) is 7.05 Å². The van der Waals surface area contributed by atoms with Gasteiger partial charge in [0, 0.05) is 37.3 Å². The number of amides is 1. The topological polar surface area (TPSA) is 77.4 Å². The lowest BCUT2D eigenvalue weighted by atomic mass is 10.1. The molecular formula is C18H21F3N4O3. The first-order chi connectivity index (χ1) is 13.3. The van der Waals surface area contributed by atoms with Crippen molar-refractivity contribution in [2.45, 2.75) is 19.1 Å². The number of nitrogens with one attached hydrogen (secondary N) is 2. The Balaban J connectivity index is 1.65. The molecular weight excluding hydrogens is 377 g/mol. The van der Waals surface area contributed by atoms with E-state index in [1.54, 1.807) is 17.9 Å². The number of rotatable bonds is 6. The smallest absolute Gasteiger partial charge is 0.405 e. The highest BCUT2D eigenvalue weighted by Gasteiger charge is 2.27. The van der Waals surface area contributed by atoms with Gasteiger partial charge in [-0.15, -0.1) is 0 Å². The highest BCUT2D eigenvalue weighted by atomic mass is 19.4. The monoisotopic (exact) mass is 398 g/mol. The summed E-state index contributed by atoms with van der Waals surface area (Å²) in [7, 11) is 1.77. The van der Waals surface area contributed by atoms with Gasteiger partial charge >= 0.3 is 6.18 Å². The molecule has 28 heavy (non-hydrogen) atoms. The Morgan fingerprint density at radius 2 is 2.00 bits per heavy atom. The number of benzene rings is 1. The van der Waals surface area contributed by atoms with Gasteiger partial charge in [0.15, 0.2) is 11.5 Å². The van der Waals surface area contributed by atoms with Gasteiger partial charge in [0.05, 0.1) is 25.5 Å². The second-order valence-corrected chi connectivity index (χ2v) is 6.38. The normalized spacial score (nSPS) is 13.9. The molecule has 1 aliphatic rings. The van der Waals surface area contributed by atoms with Crippen LogP contribution in [0.15, 0.2) is 24.4 Å². The fourth-order valence-corrected chi connectivity index (χ4v) is 2.79. The van der Waals surface area contributed by atoms with Crippen LogP contribution in [0.25, 0.3) is 11.3 Å². The van der Waals surface area contributed by atoms with Crippen molar-refractivity contribution in [3.05, 3.63) is 30.0 Å². The summed E-state index contributed by atoms with van der Waals surface area (Å²) in [6.07, 6.45) is -1.83. The highest BCUT2D eigenvalue weighted by Crippen LogP contribution is 2.34. The van der Waals surface area contributed by atoms with Gasteiger partial charge in [-0.3, -0.25) is 9.48 Å². The third kappa shape index (κ3) is 5.38. The molecule has 1 amide bonds. The minimum atomic E-state index is -4.43. The number of carbonyl (C=O) groups excluding carboxylic acids is 1. The van der Waals surface area contributed by atoms with Gasteiger partial charge in [0.2, 0.25) is 5.91 Å². The van der Waals surface area contributed by atoms with E-state index in [9.17, 15) is 18.0 Å². The lowest BCUT2D eigenvalue weighted by Gasteiger charge is -2.10. The first kappa shape index (κ1) is 20.0. The molecule has 1 aromatic heterocycles. The average Bonchev–Trinajstić information content (AvgIpc) is 2.85. The summed E-state index contributed by atoms with van der Waals surface area (Å²) in [6.45, 7) is -0.132. The predicted octanol–water partition coefficient (Wildman–Crippen LogP) is 2.02. The largest absolute Gasteiger partial charge is 0.490 e. The Morgan fingerprint density at radius 1 is 1.25 bits per heavy atom. The van der Waals surface area contributed by atoms with Crippen LogP contribution in [0.5, 0.6) is 11.5 Å². The molecule has 2 heterocycles. The third-order valence-electron chi connectivity index (χ3n) is 4.01. The summed E-state index contributed by atoms with van der Waals surface area (Å²) in [5.41, 5.74) is 2.32. The number of alkyl halides is 3. The molecule has 0 radical (unpaired) electrons. The van der Waals surface area contributed by atoms with E-state index in [1.165, 1.54) is 0 Å². The molecule has 0 bridgehead atoms. The zero-order valence-electron chi connectivity index (χ0n) is 15.3. The number of nitrogens with zero attached hydrogens (tertiary/aromatic N) is 2. The Kier molecular flexibility index (Phi) is 6.08. The predicted molar refractivity (Wildman–Crippen MR) is 95.0 cm³/mol. The van der Waals surface area contributed by atoms with Gasteiger partial charge in [0.25, 0.3) is 0 Å². The van der Waals surface area contributed by atoms with Gasteiger partial charge in [0.1, 0.15) is 6.54 Å². The van der Waals surface area contributed by atoms with Crippen molar-refractivity contribution in [2.75, 3.05) is 26.3 Å². The molecule has 0 spiro atoms. The highest BCUT2D eigenvalue weighted by molar-refractivity contribution is 5.78. The Hall–Kier alpha value is -2.75. The van der Waals surface area contributed by atoms with E-state index >= 15 is 0 Å². The van der Waals surface area contributed by atoms with Gasteiger partial charge < -0.3 is 20.1 Å². The zero-order chi connectivity index (χ0) is 20.1. The molecule has 3 rings (SSSR count). The summed E-state index contributed by atoms with van der Waals surface area (Å²) in [5, 5.41) is 9.12. The Morgan fingerprint density at radius 3 is 2.75 bits per heavy atom. The summed E-state index contributed by atoms with van der Waals surface area (Å²) in [6, 6.07) is 5.55. The number of carbonyl (C=O) groups is 1. The lowest BCUT2D eigenvalue weighted by Crippen LogP contribution is -2.39. The molecule has 2 aromatic rings. The molecule has 2 N–H and O–H groups in total. The molecule has 152 valence electrons. The number of hydrogen-bond donors (Lipinski definition) is 2. The van der Waals surface area contributed by atoms with E-state index in [-0.39, 0.29) is 13.1 Å². The third-order valence-corrected chi connectivity index (χ3v) is 4.01. The van der Waals surface area contributed by atoms with Crippen LogP contribution < -0.4 is 20.1 Å². The SMILES string of the molecule is Cn1cc(CNCC(=O)NCC(F)(F)F)c(-c2ccc3c(c2)OCCCO3)n1. The van der Waals surface area contributed by atoms with Gasteiger partial charge in [-0.1, -0.05) is 0 Å². The van der Waals surface area contributed by atoms with Crippen LogP contribution in [0.4, 0.5) is 13.2 Å². The molecule has 1 aliphatic heterocycles. The molecule has 0 fully saturated rings.